The second-order valence-electron chi connectivity index (χ2n) is 11.0. The Kier molecular flexibility index (Phi) is 6.11. The van der Waals surface area contributed by atoms with E-state index < -0.39 is 6.17 Å². The Bertz CT molecular complexity index is 1700. The van der Waals surface area contributed by atoms with Crippen molar-refractivity contribution in [2.24, 2.45) is 13.0 Å². The minimum atomic E-state index is -0.939. The number of likely N-dealkylation sites (tertiary alicyclic amines) is 1. The van der Waals surface area contributed by atoms with Gasteiger partial charge in [-0.2, -0.15) is 0 Å². The molecule has 5 aromatic rings. The molecule has 8 nitrogen and oxygen atoms in total. The topological polar surface area (TPSA) is 78.1 Å². The fourth-order valence-electron chi connectivity index (χ4n) is 6.42. The van der Waals surface area contributed by atoms with Crippen molar-refractivity contribution in [2.45, 2.75) is 32.0 Å². The number of rotatable bonds is 5. The number of nitrogens with zero attached hydrogens (tertiary/aromatic N) is 6. The zero-order valence-electron chi connectivity index (χ0n) is 22.6. The molecule has 0 saturated carbocycles. The lowest BCUT2D eigenvalue weighted by molar-refractivity contribution is 0.0400. The van der Waals surface area contributed by atoms with Crippen LogP contribution in [0.4, 0.5) is 4.39 Å². The Labute approximate surface area is 231 Å². The van der Waals surface area contributed by atoms with Crippen molar-refractivity contribution in [1.82, 2.24) is 29.4 Å². The number of hydrogen-bond acceptors (Lipinski definition) is 5. The van der Waals surface area contributed by atoms with E-state index in [0.717, 1.165) is 64.9 Å². The van der Waals surface area contributed by atoms with Gasteiger partial charge in [0.2, 0.25) is 0 Å². The van der Waals surface area contributed by atoms with Gasteiger partial charge in [0.05, 0.1) is 47.1 Å². The molecule has 0 spiro atoms. The van der Waals surface area contributed by atoms with Crippen molar-refractivity contribution in [3.8, 4) is 11.3 Å². The minimum Gasteiger partial charge on any atom is -0.381 e. The average molecular weight is 539 g/mol. The summed E-state index contributed by atoms with van der Waals surface area (Å²) in [4.78, 5) is 19.7. The molecule has 2 aliphatic heterocycles. The molecule has 40 heavy (non-hydrogen) atoms. The first-order valence-corrected chi connectivity index (χ1v) is 13.9. The summed E-state index contributed by atoms with van der Waals surface area (Å²) in [5.41, 5.74) is 7.32. The van der Waals surface area contributed by atoms with E-state index >= 15 is 0 Å². The molecule has 3 aromatic heterocycles. The lowest BCUT2D eigenvalue weighted by Gasteiger charge is -2.34. The maximum absolute atomic E-state index is 13.5. The number of benzene rings is 2. The highest BCUT2D eigenvalue weighted by Gasteiger charge is 2.33. The molecule has 0 aliphatic carbocycles. The number of carbonyl (C=O) groups is 1. The number of pyridine rings is 1. The van der Waals surface area contributed by atoms with Crippen molar-refractivity contribution >= 4 is 27.8 Å². The zero-order chi connectivity index (χ0) is 27.4. The highest BCUT2D eigenvalue weighted by atomic mass is 19.1. The second-order valence-corrected chi connectivity index (χ2v) is 11.0. The van der Waals surface area contributed by atoms with Gasteiger partial charge >= 0.3 is 0 Å². The summed E-state index contributed by atoms with van der Waals surface area (Å²) < 4.78 is 23.5. The summed E-state index contributed by atoms with van der Waals surface area (Å²) in [5, 5.41) is 9.38. The summed E-state index contributed by atoms with van der Waals surface area (Å²) in [6.45, 7) is 3.72. The largest absolute Gasteiger partial charge is 0.381 e. The predicted molar refractivity (Wildman–Crippen MR) is 151 cm³/mol. The molecule has 204 valence electrons. The molecule has 1 amide bonds. The second kappa shape index (κ2) is 9.82. The van der Waals surface area contributed by atoms with Crippen molar-refractivity contribution < 1.29 is 13.9 Å². The van der Waals surface area contributed by atoms with Crippen molar-refractivity contribution in [3.63, 3.8) is 0 Å². The van der Waals surface area contributed by atoms with E-state index in [4.69, 9.17) is 9.72 Å². The third-order valence-electron chi connectivity index (χ3n) is 8.41. The molecular weight excluding hydrogens is 507 g/mol. The number of aromatic nitrogens is 5. The normalized spacial score (nSPS) is 17.4. The Balaban J connectivity index is 1.48. The first-order valence-electron chi connectivity index (χ1n) is 13.9. The molecule has 5 heterocycles. The first kappa shape index (κ1) is 24.9. The van der Waals surface area contributed by atoms with Gasteiger partial charge in [0.25, 0.3) is 5.91 Å². The molecule has 9 heteroatoms. The van der Waals surface area contributed by atoms with Gasteiger partial charge < -0.3 is 14.2 Å². The number of amides is 1. The maximum Gasteiger partial charge on any atom is 0.254 e. The molecule has 1 atom stereocenters. The molecule has 2 fully saturated rings. The molecule has 0 radical (unpaired) electrons. The van der Waals surface area contributed by atoms with Gasteiger partial charge in [-0.25, -0.2) is 9.07 Å². The Morgan fingerprint density at radius 1 is 1.05 bits per heavy atom. The smallest absolute Gasteiger partial charge is 0.254 e. The van der Waals surface area contributed by atoms with Crippen LogP contribution < -0.4 is 0 Å². The van der Waals surface area contributed by atoms with E-state index in [-0.39, 0.29) is 25.0 Å². The molecule has 1 unspecified atom stereocenters. The van der Waals surface area contributed by atoms with E-state index in [1.807, 2.05) is 44.4 Å². The van der Waals surface area contributed by atoms with Crippen LogP contribution in [0.5, 0.6) is 0 Å². The number of hydrogen-bond donors (Lipinski definition) is 0. The fourth-order valence-corrected chi connectivity index (χ4v) is 6.42. The standard InChI is InChI=1S/C31H31FN6O2/c1-19-29(36(2)35-34-19)23-15-27-28(33-16-23)25-14-22(31(39)37-17-24(32)18-37)8-9-26(25)38(27)30(20-6-4-3-5-7-20)21-10-12-40-13-11-21/h3-9,14-16,21,24,30H,10-13,17-18H2,1-2H3. The molecule has 0 N–H and O–H groups in total. The van der Waals surface area contributed by atoms with Crippen LogP contribution in [0.3, 0.4) is 0 Å². The van der Waals surface area contributed by atoms with Crippen LogP contribution in [0, 0.1) is 12.8 Å². The van der Waals surface area contributed by atoms with Crippen molar-refractivity contribution in [3.05, 3.63) is 77.6 Å². The highest BCUT2D eigenvalue weighted by molar-refractivity contribution is 6.09. The van der Waals surface area contributed by atoms with Crippen LogP contribution in [0.25, 0.3) is 33.2 Å². The lowest BCUT2D eigenvalue weighted by Crippen LogP contribution is -2.51. The molecular formula is C31H31FN6O2. The quantitative estimate of drug-likeness (QED) is 0.311. The van der Waals surface area contributed by atoms with Crippen LogP contribution in [-0.2, 0) is 11.8 Å². The van der Waals surface area contributed by atoms with Crippen molar-refractivity contribution in [2.75, 3.05) is 26.3 Å². The summed E-state index contributed by atoms with van der Waals surface area (Å²) in [7, 11) is 1.89. The molecule has 2 aliphatic rings. The highest BCUT2D eigenvalue weighted by Crippen LogP contribution is 2.41. The molecule has 2 aromatic carbocycles. The van der Waals surface area contributed by atoms with Crippen LogP contribution in [-0.4, -0.2) is 67.8 Å². The fraction of sp³-hybridized carbons (Fsp3) is 0.355. The SMILES string of the molecule is Cc1nnn(C)c1-c1cnc2c3cc(C(=O)N4CC(F)C4)ccc3n(C(c3ccccc3)C3CCOCC3)c2c1. The zero-order valence-corrected chi connectivity index (χ0v) is 22.6. The number of carbonyl (C=O) groups excluding carboxylic acids is 1. The summed E-state index contributed by atoms with van der Waals surface area (Å²) in [6, 6.07) is 18.7. The third kappa shape index (κ3) is 4.07. The number of alkyl halides is 1. The van der Waals surface area contributed by atoms with Gasteiger partial charge in [-0.3, -0.25) is 9.78 Å². The molecule has 2 saturated heterocycles. The lowest BCUT2D eigenvalue weighted by atomic mass is 9.86. The van der Waals surface area contributed by atoms with Gasteiger partial charge in [-0.15, -0.1) is 5.10 Å². The monoisotopic (exact) mass is 538 g/mol. The Hall–Kier alpha value is -4.11. The number of fused-ring (bicyclic) bond motifs is 3. The van der Waals surface area contributed by atoms with Gasteiger partial charge in [-0.1, -0.05) is 35.5 Å². The summed E-state index contributed by atoms with van der Waals surface area (Å²) in [5.74, 6) is 0.219. The van der Waals surface area contributed by atoms with Crippen LogP contribution >= 0.6 is 0 Å². The van der Waals surface area contributed by atoms with Gasteiger partial charge in [-0.05, 0) is 55.5 Å². The third-order valence-corrected chi connectivity index (χ3v) is 8.41. The van der Waals surface area contributed by atoms with Crippen LogP contribution in [0.1, 0.15) is 40.5 Å². The Morgan fingerprint density at radius 2 is 1.82 bits per heavy atom. The predicted octanol–water partition coefficient (Wildman–Crippen LogP) is 5.10. The van der Waals surface area contributed by atoms with E-state index in [2.05, 4.69) is 45.2 Å². The van der Waals surface area contributed by atoms with E-state index in [1.54, 1.807) is 9.58 Å². The summed E-state index contributed by atoms with van der Waals surface area (Å²) >= 11 is 0. The Morgan fingerprint density at radius 3 is 2.52 bits per heavy atom. The van der Waals surface area contributed by atoms with E-state index in [9.17, 15) is 9.18 Å². The number of ether oxygens (including phenoxy) is 1. The molecule has 0 bridgehead atoms. The van der Waals surface area contributed by atoms with Crippen LogP contribution in [0.15, 0.2) is 60.8 Å². The number of halogens is 1. The maximum atomic E-state index is 13.5. The first-order chi connectivity index (χ1) is 19.5. The molecule has 7 rings (SSSR count). The average Bonchev–Trinajstić information content (AvgIpc) is 3.47. The van der Waals surface area contributed by atoms with Gasteiger partial charge in [0.1, 0.15) is 6.17 Å². The van der Waals surface area contributed by atoms with E-state index in [0.29, 0.717) is 11.5 Å². The van der Waals surface area contributed by atoms with E-state index in [1.165, 1.54) is 5.56 Å². The van der Waals surface area contributed by atoms with Gasteiger partial charge in [0.15, 0.2) is 0 Å². The van der Waals surface area contributed by atoms with Gasteiger partial charge in [0, 0.05) is 43.0 Å². The van der Waals surface area contributed by atoms with Crippen LogP contribution in [0.2, 0.25) is 0 Å². The minimum absolute atomic E-state index is 0.0529. The summed E-state index contributed by atoms with van der Waals surface area (Å²) in [6.07, 6.45) is 2.83. The van der Waals surface area contributed by atoms with Crippen molar-refractivity contribution in [1.29, 1.82) is 0 Å². The number of aryl methyl sites for hydroxylation is 2.